The molecule has 3 N–H and O–H groups in total. The summed E-state index contributed by atoms with van der Waals surface area (Å²) in [6.45, 7) is -0.375. The number of aliphatic hydroxyl groups excluding tert-OH is 1. The van der Waals surface area contributed by atoms with E-state index in [1.807, 2.05) is 0 Å². The van der Waals surface area contributed by atoms with Gasteiger partial charge >= 0.3 is 5.69 Å². The van der Waals surface area contributed by atoms with E-state index in [9.17, 15) is 9.18 Å². The SMILES string of the molecule is [N-]=[N+]=NC1C[C@H](n2cc(F)c(N)nc2=O)O[C@@H]1CO. The highest BCUT2D eigenvalue weighted by Gasteiger charge is 2.36. The fourth-order valence-electron chi connectivity index (χ4n) is 1.90. The number of hydrogen-bond acceptors (Lipinski definition) is 6. The van der Waals surface area contributed by atoms with Gasteiger partial charge in [-0.3, -0.25) is 4.57 Å². The fourth-order valence-corrected chi connectivity index (χ4v) is 1.90. The minimum Gasteiger partial charge on any atom is -0.394 e. The summed E-state index contributed by atoms with van der Waals surface area (Å²) in [5.74, 6) is -1.35. The quantitative estimate of drug-likeness (QED) is 0.449. The van der Waals surface area contributed by atoms with Crippen LogP contribution in [0.3, 0.4) is 0 Å². The van der Waals surface area contributed by atoms with Crippen molar-refractivity contribution in [3.63, 3.8) is 0 Å². The number of aromatic nitrogens is 2. The number of ether oxygens (including phenoxy) is 1. The molecule has 1 aromatic rings. The molecule has 1 aromatic heterocycles. The molecule has 0 saturated carbocycles. The van der Waals surface area contributed by atoms with Crippen LogP contribution in [0.2, 0.25) is 0 Å². The molecule has 1 fully saturated rings. The number of aliphatic hydroxyl groups is 1. The Bertz CT molecular complexity index is 584. The van der Waals surface area contributed by atoms with Crippen LogP contribution in [0, 0.1) is 5.82 Å². The van der Waals surface area contributed by atoms with E-state index >= 15 is 0 Å². The molecule has 1 saturated heterocycles. The Morgan fingerprint density at radius 2 is 2.53 bits per heavy atom. The van der Waals surface area contributed by atoms with Gasteiger partial charge in [0.15, 0.2) is 11.6 Å². The molecule has 3 atom stereocenters. The molecule has 1 aliphatic rings. The van der Waals surface area contributed by atoms with Gasteiger partial charge in [-0.25, -0.2) is 9.18 Å². The molecule has 2 rings (SSSR count). The molecule has 2 heterocycles. The fraction of sp³-hybridized carbons (Fsp3) is 0.556. The number of nitrogen functional groups attached to an aromatic ring is 1. The van der Waals surface area contributed by atoms with Crippen molar-refractivity contribution >= 4 is 5.82 Å². The summed E-state index contributed by atoms with van der Waals surface area (Å²) in [5, 5.41) is 12.6. The average molecular weight is 270 g/mol. The Labute approximate surface area is 106 Å². The lowest BCUT2D eigenvalue weighted by Gasteiger charge is -2.14. The van der Waals surface area contributed by atoms with Gasteiger partial charge < -0.3 is 15.6 Å². The summed E-state index contributed by atoms with van der Waals surface area (Å²) in [6, 6.07) is -0.632. The Morgan fingerprint density at radius 3 is 3.16 bits per heavy atom. The van der Waals surface area contributed by atoms with Crippen molar-refractivity contribution in [1.29, 1.82) is 0 Å². The van der Waals surface area contributed by atoms with Gasteiger partial charge in [-0.1, -0.05) is 5.11 Å². The molecule has 1 unspecified atom stereocenters. The largest absolute Gasteiger partial charge is 0.394 e. The second-order valence-electron chi connectivity index (χ2n) is 3.98. The summed E-state index contributed by atoms with van der Waals surface area (Å²) in [7, 11) is 0. The second-order valence-corrected chi connectivity index (χ2v) is 3.98. The van der Waals surface area contributed by atoms with Crippen molar-refractivity contribution < 1.29 is 14.2 Å². The molecular formula is C9H11FN6O3. The van der Waals surface area contributed by atoms with Crippen LogP contribution < -0.4 is 11.4 Å². The van der Waals surface area contributed by atoms with Gasteiger partial charge in [-0.2, -0.15) is 4.98 Å². The molecule has 1 aliphatic heterocycles. The molecule has 19 heavy (non-hydrogen) atoms. The summed E-state index contributed by atoms with van der Waals surface area (Å²) in [6.07, 6.45) is -0.584. The second kappa shape index (κ2) is 5.22. The van der Waals surface area contributed by atoms with Gasteiger partial charge in [0.25, 0.3) is 0 Å². The van der Waals surface area contributed by atoms with Crippen LogP contribution in [0.1, 0.15) is 12.6 Å². The van der Waals surface area contributed by atoms with E-state index in [1.54, 1.807) is 0 Å². The first-order valence-electron chi connectivity index (χ1n) is 5.41. The minimum atomic E-state index is -0.859. The first kappa shape index (κ1) is 13.3. The first-order chi connectivity index (χ1) is 9.06. The average Bonchev–Trinajstić information content (AvgIpc) is 2.77. The van der Waals surface area contributed by atoms with E-state index in [0.717, 1.165) is 10.8 Å². The Balaban J connectivity index is 2.32. The van der Waals surface area contributed by atoms with Crippen molar-refractivity contribution in [3.05, 3.63) is 32.9 Å². The zero-order chi connectivity index (χ0) is 14.0. The Morgan fingerprint density at radius 1 is 1.79 bits per heavy atom. The van der Waals surface area contributed by atoms with Gasteiger partial charge in [-0.05, 0) is 5.53 Å². The number of azide groups is 1. The van der Waals surface area contributed by atoms with Crippen LogP contribution in [0.4, 0.5) is 10.2 Å². The van der Waals surface area contributed by atoms with Gasteiger partial charge in [0.2, 0.25) is 0 Å². The molecule has 0 spiro atoms. The molecule has 0 bridgehead atoms. The molecule has 9 nitrogen and oxygen atoms in total. The maximum Gasteiger partial charge on any atom is 0.351 e. The summed E-state index contributed by atoms with van der Waals surface area (Å²) >= 11 is 0. The van der Waals surface area contributed by atoms with Crippen LogP contribution in [0.5, 0.6) is 0 Å². The van der Waals surface area contributed by atoms with Gasteiger partial charge in [-0.15, -0.1) is 0 Å². The Kier molecular flexibility index (Phi) is 3.65. The number of nitrogens with zero attached hydrogens (tertiary/aromatic N) is 5. The molecular weight excluding hydrogens is 259 g/mol. The molecule has 102 valence electrons. The van der Waals surface area contributed by atoms with Crippen LogP contribution >= 0.6 is 0 Å². The van der Waals surface area contributed by atoms with E-state index in [1.165, 1.54) is 0 Å². The third-order valence-electron chi connectivity index (χ3n) is 2.83. The van der Waals surface area contributed by atoms with Crippen molar-refractivity contribution in [1.82, 2.24) is 9.55 Å². The smallest absolute Gasteiger partial charge is 0.351 e. The van der Waals surface area contributed by atoms with Crippen LogP contribution in [0.15, 0.2) is 16.1 Å². The number of anilines is 1. The van der Waals surface area contributed by atoms with Gasteiger partial charge in [0.05, 0.1) is 24.9 Å². The zero-order valence-electron chi connectivity index (χ0n) is 9.68. The third kappa shape index (κ3) is 2.50. The zero-order valence-corrected chi connectivity index (χ0v) is 9.68. The van der Waals surface area contributed by atoms with E-state index in [4.69, 9.17) is 21.1 Å². The highest BCUT2D eigenvalue weighted by atomic mass is 19.1. The van der Waals surface area contributed by atoms with Gasteiger partial charge in [0.1, 0.15) is 6.23 Å². The predicted octanol–water partition coefficient (Wildman–Crippen LogP) is -0.0767. The topological polar surface area (TPSA) is 139 Å². The van der Waals surface area contributed by atoms with Crippen molar-refractivity contribution in [2.45, 2.75) is 24.8 Å². The van der Waals surface area contributed by atoms with E-state index < -0.39 is 35.7 Å². The van der Waals surface area contributed by atoms with Crippen molar-refractivity contribution in [2.24, 2.45) is 5.11 Å². The van der Waals surface area contributed by atoms with E-state index in [-0.39, 0.29) is 13.0 Å². The van der Waals surface area contributed by atoms with E-state index in [0.29, 0.717) is 0 Å². The lowest BCUT2D eigenvalue weighted by Crippen LogP contribution is -2.29. The highest BCUT2D eigenvalue weighted by Crippen LogP contribution is 2.30. The lowest BCUT2D eigenvalue weighted by molar-refractivity contribution is -0.0273. The van der Waals surface area contributed by atoms with Gasteiger partial charge in [0, 0.05) is 11.3 Å². The van der Waals surface area contributed by atoms with Crippen LogP contribution in [-0.4, -0.2) is 33.4 Å². The van der Waals surface area contributed by atoms with E-state index in [2.05, 4.69) is 15.0 Å². The molecule has 0 aliphatic carbocycles. The highest BCUT2D eigenvalue weighted by molar-refractivity contribution is 5.26. The third-order valence-corrected chi connectivity index (χ3v) is 2.83. The van der Waals surface area contributed by atoms with Crippen LogP contribution in [-0.2, 0) is 4.74 Å². The van der Waals surface area contributed by atoms with Crippen molar-refractivity contribution in [2.75, 3.05) is 12.3 Å². The summed E-state index contributed by atoms with van der Waals surface area (Å²) < 4.78 is 19.6. The number of halogens is 1. The number of nitrogens with two attached hydrogens (primary N) is 1. The summed E-state index contributed by atoms with van der Waals surface area (Å²) in [4.78, 5) is 17.5. The molecule has 10 heteroatoms. The molecule has 0 aromatic carbocycles. The molecule has 0 radical (unpaired) electrons. The number of hydrogen-bond donors (Lipinski definition) is 2. The number of rotatable bonds is 3. The molecule has 0 amide bonds. The first-order valence-corrected chi connectivity index (χ1v) is 5.41. The normalized spacial score (nSPS) is 26.1. The minimum absolute atomic E-state index is 0.139. The maximum absolute atomic E-state index is 13.3. The maximum atomic E-state index is 13.3. The predicted molar refractivity (Wildman–Crippen MR) is 61.4 cm³/mol. The summed E-state index contributed by atoms with van der Waals surface area (Å²) in [5.41, 5.74) is 12.8. The lowest BCUT2D eigenvalue weighted by atomic mass is 10.1. The monoisotopic (exact) mass is 270 g/mol. The standard InChI is InChI=1S/C9H11FN6O3/c10-4-2-16(9(18)13-8(4)11)7-1-5(14-15-12)6(3-17)19-7/h2,5-7,17H,1,3H2,(H2,11,13,18)/t5?,6-,7-/m1/s1. The Hall–Kier alpha value is -2.16. The van der Waals surface area contributed by atoms with Crippen molar-refractivity contribution in [3.8, 4) is 0 Å². The van der Waals surface area contributed by atoms with Crippen LogP contribution in [0.25, 0.3) is 10.4 Å².